The van der Waals surface area contributed by atoms with Crippen molar-refractivity contribution in [1.82, 2.24) is 4.90 Å². The second-order valence-corrected chi connectivity index (χ2v) is 5.16. The second-order valence-electron chi connectivity index (χ2n) is 5.16. The molecule has 1 rings (SSSR count). The Morgan fingerprint density at radius 1 is 1.32 bits per heavy atom. The predicted molar refractivity (Wildman–Crippen MR) is 85.5 cm³/mol. The van der Waals surface area contributed by atoms with Crippen LogP contribution in [0.25, 0.3) is 6.08 Å². The van der Waals surface area contributed by atoms with E-state index < -0.39 is 0 Å². The van der Waals surface area contributed by atoms with Gasteiger partial charge in [0.25, 0.3) is 0 Å². The molecule has 1 aromatic carbocycles. The van der Waals surface area contributed by atoms with Gasteiger partial charge in [0.1, 0.15) is 5.75 Å². The van der Waals surface area contributed by atoms with E-state index in [9.17, 15) is 9.59 Å². The predicted octanol–water partition coefficient (Wildman–Crippen LogP) is 2.51. The van der Waals surface area contributed by atoms with Crippen molar-refractivity contribution in [3.63, 3.8) is 0 Å². The Labute approximate surface area is 131 Å². The Morgan fingerprint density at radius 2 is 2.05 bits per heavy atom. The lowest BCUT2D eigenvalue weighted by atomic mass is 10.2. The molecule has 0 aliphatic carbocycles. The average molecular weight is 305 g/mol. The van der Waals surface area contributed by atoms with Crippen LogP contribution in [0.4, 0.5) is 0 Å². The monoisotopic (exact) mass is 305 g/mol. The molecule has 1 aromatic rings. The number of carbonyl (C=O) groups excluding carboxylic acids is 2. The van der Waals surface area contributed by atoms with Crippen molar-refractivity contribution in [1.29, 1.82) is 0 Å². The summed E-state index contributed by atoms with van der Waals surface area (Å²) in [6, 6.07) is 7.52. The highest BCUT2D eigenvalue weighted by molar-refractivity contribution is 5.91. The Hall–Kier alpha value is -2.30. The maximum atomic E-state index is 11.9. The van der Waals surface area contributed by atoms with Crippen LogP contribution in [0, 0.1) is 0 Å². The van der Waals surface area contributed by atoms with E-state index in [-0.39, 0.29) is 24.4 Å². The summed E-state index contributed by atoms with van der Waals surface area (Å²) < 4.78 is 10.2. The standard InChI is InChI=1S/C17H23NO4/c1-13(2)22-15-7-5-6-14(12-15)8-9-16(19)18(3)11-10-17(20)21-4/h5-9,12-13H,10-11H2,1-4H3/b9-8+. The van der Waals surface area contributed by atoms with Gasteiger partial charge in [-0.1, -0.05) is 12.1 Å². The maximum Gasteiger partial charge on any atom is 0.307 e. The van der Waals surface area contributed by atoms with Crippen LogP contribution in [0.3, 0.4) is 0 Å². The molecule has 0 heterocycles. The average Bonchev–Trinajstić information content (AvgIpc) is 2.49. The Kier molecular flexibility index (Phi) is 7.16. The number of nitrogens with zero attached hydrogens (tertiary/aromatic N) is 1. The molecule has 120 valence electrons. The summed E-state index contributed by atoms with van der Waals surface area (Å²) in [7, 11) is 2.98. The zero-order valence-electron chi connectivity index (χ0n) is 13.5. The third-order valence-electron chi connectivity index (χ3n) is 2.90. The minimum Gasteiger partial charge on any atom is -0.491 e. The van der Waals surface area contributed by atoms with Gasteiger partial charge < -0.3 is 14.4 Å². The molecule has 0 saturated heterocycles. The molecule has 5 nitrogen and oxygen atoms in total. The summed E-state index contributed by atoms with van der Waals surface area (Å²) >= 11 is 0. The maximum absolute atomic E-state index is 11.9. The quantitative estimate of drug-likeness (QED) is 0.574. The molecular formula is C17H23NO4. The molecule has 0 atom stereocenters. The van der Waals surface area contributed by atoms with Crippen molar-refractivity contribution in [2.45, 2.75) is 26.4 Å². The summed E-state index contributed by atoms with van der Waals surface area (Å²) in [5.74, 6) is 0.268. The number of methoxy groups -OCH3 is 1. The number of hydrogen-bond donors (Lipinski definition) is 0. The minimum absolute atomic E-state index is 0.102. The third-order valence-corrected chi connectivity index (χ3v) is 2.90. The van der Waals surface area contributed by atoms with Gasteiger partial charge in [0, 0.05) is 19.7 Å². The molecule has 0 radical (unpaired) electrons. The highest BCUT2D eigenvalue weighted by Crippen LogP contribution is 2.16. The van der Waals surface area contributed by atoms with E-state index in [0.717, 1.165) is 11.3 Å². The van der Waals surface area contributed by atoms with Crippen LogP contribution in [0.2, 0.25) is 0 Å². The van der Waals surface area contributed by atoms with E-state index in [0.29, 0.717) is 6.54 Å². The molecule has 0 aliphatic rings. The van der Waals surface area contributed by atoms with Gasteiger partial charge in [-0.2, -0.15) is 0 Å². The van der Waals surface area contributed by atoms with Crippen LogP contribution in [0.1, 0.15) is 25.8 Å². The molecule has 22 heavy (non-hydrogen) atoms. The van der Waals surface area contributed by atoms with Crippen molar-refractivity contribution in [2.75, 3.05) is 20.7 Å². The highest BCUT2D eigenvalue weighted by atomic mass is 16.5. The number of rotatable bonds is 7. The lowest BCUT2D eigenvalue weighted by Gasteiger charge is -2.14. The van der Waals surface area contributed by atoms with Crippen LogP contribution >= 0.6 is 0 Å². The van der Waals surface area contributed by atoms with Gasteiger partial charge in [-0.15, -0.1) is 0 Å². The third kappa shape index (κ3) is 6.43. The van der Waals surface area contributed by atoms with Crippen LogP contribution < -0.4 is 4.74 Å². The molecule has 0 bridgehead atoms. The van der Waals surface area contributed by atoms with E-state index in [1.807, 2.05) is 38.1 Å². The molecule has 0 spiro atoms. The number of benzene rings is 1. The van der Waals surface area contributed by atoms with E-state index >= 15 is 0 Å². The van der Waals surface area contributed by atoms with Gasteiger partial charge in [-0.25, -0.2) is 0 Å². The lowest BCUT2D eigenvalue weighted by Crippen LogP contribution is -2.27. The van der Waals surface area contributed by atoms with Crippen molar-refractivity contribution in [2.24, 2.45) is 0 Å². The fraction of sp³-hybridized carbons (Fsp3) is 0.412. The number of ether oxygens (including phenoxy) is 2. The number of carbonyl (C=O) groups is 2. The van der Waals surface area contributed by atoms with Gasteiger partial charge in [0.15, 0.2) is 0 Å². The van der Waals surface area contributed by atoms with E-state index in [1.54, 1.807) is 13.1 Å². The molecular weight excluding hydrogens is 282 g/mol. The Balaban J connectivity index is 2.59. The normalized spacial score (nSPS) is 10.8. The van der Waals surface area contributed by atoms with Gasteiger partial charge in [0.05, 0.1) is 19.6 Å². The highest BCUT2D eigenvalue weighted by Gasteiger charge is 2.08. The number of hydrogen-bond acceptors (Lipinski definition) is 4. The topological polar surface area (TPSA) is 55.8 Å². The Morgan fingerprint density at radius 3 is 2.68 bits per heavy atom. The van der Waals surface area contributed by atoms with Crippen molar-refractivity contribution in [3.8, 4) is 5.75 Å². The first-order valence-electron chi connectivity index (χ1n) is 7.19. The number of esters is 1. The van der Waals surface area contributed by atoms with Crippen LogP contribution in [0.5, 0.6) is 5.75 Å². The van der Waals surface area contributed by atoms with Crippen molar-refractivity contribution < 1.29 is 19.1 Å². The van der Waals surface area contributed by atoms with Crippen LogP contribution in [-0.4, -0.2) is 43.6 Å². The van der Waals surface area contributed by atoms with Crippen molar-refractivity contribution in [3.05, 3.63) is 35.9 Å². The van der Waals surface area contributed by atoms with Gasteiger partial charge in [-0.3, -0.25) is 9.59 Å². The molecule has 0 unspecified atom stereocenters. The van der Waals surface area contributed by atoms with E-state index in [1.165, 1.54) is 18.1 Å². The number of amides is 1. The first kappa shape index (κ1) is 17.8. The zero-order chi connectivity index (χ0) is 16.5. The molecule has 0 N–H and O–H groups in total. The second kappa shape index (κ2) is 8.87. The zero-order valence-corrected chi connectivity index (χ0v) is 13.5. The summed E-state index contributed by atoms with van der Waals surface area (Å²) in [6.45, 7) is 4.25. The van der Waals surface area contributed by atoms with Crippen molar-refractivity contribution >= 4 is 18.0 Å². The summed E-state index contributed by atoms with van der Waals surface area (Å²) in [5, 5.41) is 0. The van der Waals surface area contributed by atoms with E-state index in [2.05, 4.69) is 4.74 Å². The van der Waals surface area contributed by atoms with Crippen LogP contribution in [0.15, 0.2) is 30.3 Å². The van der Waals surface area contributed by atoms with Gasteiger partial charge in [-0.05, 0) is 37.6 Å². The van der Waals surface area contributed by atoms with E-state index in [4.69, 9.17) is 4.74 Å². The number of likely N-dealkylation sites (N-methyl/N-ethyl adjacent to an activating group) is 1. The largest absolute Gasteiger partial charge is 0.491 e. The van der Waals surface area contributed by atoms with Crippen LogP contribution in [-0.2, 0) is 14.3 Å². The first-order chi connectivity index (χ1) is 10.4. The summed E-state index contributed by atoms with van der Waals surface area (Å²) in [6.07, 6.45) is 3.49. The minimum atomic E-state index is -0.331. The molecule has 0 aromatic heterocycles. The SMILES string of the molecule is COC(=O)CCN(C)C(=O)/C=C/c1cccc(OC(C)C)c1. The summed E-state index contributed by atoms with van der Waals surface area (Å²) in [4.78, 5) is 24.5. The summed E-state index contributed by atoms with van der Waals surface area (Å²) in [5.41, 5.74) is 0.882. The lowest BCUT2D eigenvalue weighted by molar-refractivity contribution is -0.141. The Bertz CT molecular complexity index is 537. The molecule has 0 fully saturated rings. The molecule has 1 amide bonds. The molecule has 5 heteroatoms. The molecule has 0 aliphatic heterocycles. The van der Waals surface area contributed by atoms with Gasteiger partial charge >= 0.3 is 5.97 Å². The fourth-order valence-electron chi connectivity index (χ4n) is 1.73. The first-order valence-corrected chi connectivity index (χ1v) is 7.19. The van der Waals surface area contributed by atoms with Gasteiger partial charge in [0.2, 0.25) is 5.91 Å². The molecule has 0 saturated carbocycles. The smallest absolute Gasteiger partial charge is 0.307 e. The fourth-order valence-corrected chi connectivity index (χ4v) is 1.73.